The lowest BCUT2D eigenvalue weighted by atomic mass is 9.74. The van der Waals surface area contributed by atoms with Crippen LogP contribution in [0, 0.1) is 12.3 Å². The summed E-state index contributed by atoms with van der Waals surface area (Å²) in [5.74, 6) is 0. The Morgan fingerprint density at radius 3 is 2.29 bits per heavy atom. The molecule has 1 unspecified atom stereocenters. The molecule has 14 heavy (non-hydrogen) atoms. The van der Waals surface area contributed by atoms with Gasteiger partial charge in [-0.25, -0.2) is 0 Å². The van der Waals surface area contributed by atoms with Crippen LogP contribution in [0.4, 0.5) is 0 Å². The van der Waals surface area contributed by atoms with E-state index in [0.717, 1.165) is 4.88 Å². The van der Waals surface area contributed by atoms with Crippen LogP contribution in [0.5, 0.6) is 0 Å². The second-order valence-corrected chi connectivity index (χ2v) is 5.94. The quantitative estimate of drug-likeness (QED) is 0.809. The first-order valence-corrected chi connectivity index (χ1v) is 5.59. The highest BCUT2D eigenvalue weighted by molar-refractivity contribution is 7.12. The van der Waals surface area contributed by atoms with Crippen LogP contribution in [-0.2, 0) is 5.54 Å². The SMILES string of the molecule is Cc1ccc(C(C)(N)C(C)(C)CO)s1. The van der Waals surface area contributed by atoms with Crippen molar-refractivity contribution in [1.29, 1.82) is 0 Å². The Morgan fingerprint density at radius 1 is 1.36 bits per heavy atom. The van der Waals surface area contributed by atoms with Crippen molar-refractivity contribution in [2.24, 2.45) is 11.1 Å². The Kier molecular flexibility index (Phi) is 3.04. The monoisotopic (exact) mass is 213 g/mol. The van der Waals surface area contributed by atoms with Crippen LogP contribution >= 0.6 is 11.3 Å². The molecule has 0 radical (unpaired) electrons. The molecule has 3 heteroatoms. The predicted octanol–water partition coefficient (Wildman–Crippen LogP) is 2.25. The average Bonchev–Trinajstić information content (AvgIpc) is 2.52. The van der Waals surface area contributed by atoms with E-state index in [1.54, 1.807) is 11.3 Å². The Labute approximate surface area is 89.8 Å². The van der Waals surface area contributed by atoms with Gasteiger partial charge in [-0.05, 0) is 26.0 Å². The number of rotatable bonds is 3. The van der Waals surface area contributed by atoms with Crippen LogP contribution in [0.2, 0.25) is 0 Å². The summed E-state index contributed by atoms with van der Waals surface area (Å²) in [5, 5.41) is 9.32. The summed E-state index contributed by atoms with van der Waals surface area (Å²) in [6.07, 6.45) is 0. The molecule has 1 aromatic heterocycles. The Bertz CT molecular complexity index is 315. The average molecular weight is 213 g/mol. The van der Waals surface area contributed by atoms with Gasteiger partial charge in [-0.1, -0.05) is 13.8 Å². The molecule has 3 N–H and O–H groups in total. The minimum atomic E-state index is -0.472. The smallest absolute Gasteiger partial charge is 0.0548 e. The number of thiophene rings is 1. The van der Waals surface area contributed by atoms with Crippen molar-refractivity contribution in [3.05, 3.63) is 21.9 Å². The minimum absolute atomic E-state index is 0.0942. The molecule has 0 aliphatic rings. The van der Waals surface area contributed by atoms with Gasteiger partial charge in [0.15, 0.2) is 0 Å². The number of hydrogen-bond acceptors (Lipinski definition) is 3. The fourth-order valence-electron chi connectivity index (χ4n) is 1.21. The first kappa shape index (κ1) is 11.7. The Balaban J connectivity index is 3.07. The molecule has 1 heterocycles. The van der Waals surface area contributed by atoms with E-state index < -0.39 is 5.54 Å². The molecule has 0 bridgehead atoms. The van der Waals surface area contributed by atoms with Gasteiger partial charge in [0.05, 0.1) is 12.1 Å². The lowest BCUT2D eigenvalue weighted by Gasteiger charge is -2.39. The first-order valence-electron chi connectivity index (χ1n) is 4.78. The van der Waals surface area contributed by atoms with Crippen molar-refractivity contribution < 1.29 is 5.11 Å². The van der Waals surface area contributed by atoms with Crippen molar-refractivity contribution in [1.82, 2.24) is 0 Å². The lowest BCUT2D eigenvalue weighted by molar-refractivity contribution is 0.0831. The Hall–Kier alpha value is -0.380. The summed E-state index contributed by atoms with van der Waals surface area (Å²) < 4.78 is 0. The zero-order valence-electron chi connectivity index (χ0n) is 9.29. The third-order valence-electron chi connectivity index (χ3n) is 3.05. The summed E-state index contributed by atoms with van der Waals surface area (Å²) in [4.78, 5) is 2.39. The van der Waals surface area contributed by atoms with Gasteiger partial charge < -0.3 is 10.8 Å². The second kappa shape index (κ2) is 3.65. The van der Waals surface area contributed by atoms with Crippen LogP contribution in [-0.4, -0.2) is 11.7 Å². The maximum atomic E-state index is 9.32. The maximum Gasteiger partial charge on any atom is 0.0548 e. The molecular formula is C11H19NOS. The van der Waals surface area contributed by atoms with E-state index in [9.17, 15) is 5.11 Å². The van der Waals surface area contributed by atoms with Crippen molar-refractivity contribution >= 4 is 11.3 Å². The Morgan fingerprint density at radius 2 is 1.93 bits per heavy atom. The van der Waals surface area contributed by atoms with Crippen LogP contribution in [0.1, 0.15) is 30.5 Å². The molecule has 80 valence electrons. The van der Waals surface area contributed by atoms with E-state index in [2.05, 4.69) is 19.1 Å². The minimum Gasteiger partial charge on any atom is -0.396 e. The van der Waals surface area contributed by atoms with Crippen LogP contribution in [0.15, 0.2) is 12.1 Å². The number of aliphatic hydroxyl groups excluding tert-OH is 1. The van der Waals surface area contributed by atoms with E-state index >= 15 is 0 Å². The molecule has 0 fully saturated rings. The van der Waals surface area contributed by atoms with Crippen molar-refractivity contribution in [2.75, 3.05) is 6.61 Å². The predicted molar refractivity (Wildman–Crippen MR) is 61.5 cm³/mol. The molecule has 1 aromatic rings. The standard InChI is InChI=1S/C11H19NOS/c1-8-5-6-9(14-8)11(4,12)10(2,3)7-13/h5-6,13H,7,12H2,1-4H3. The lowest BCUT2D eigenvalue weighted by Crippen LogP contribution is -2.48. The van der Waals surface area contributed by atoms with Gasteiger partial charge in [-0.3, -0.25) is 0 Å². The van der Waals surface area contributed by atoms with Crippen molar-refractivity contribution in [3.63, 3.8) is 0 Å². The van der Waals surface area contributed by atoms with Crippen molar-refractivity contribution in [3.8, 4) is 0 Å². The van der Waals surface area contributed by atoms with Gasteiger partial charge in [0.2, 0.25) is 0 Å². The normalized spacial score (nSPS) is 16.7. The molecule has 2 nitrogen and oxygen atoms in total. The fraction of sp³-hybridized carbons (Fsp3) is 0.636. The van der Waals surface area contributed by atoms with Crippen LogP contribution in [0.3, 0.4) is 0 Å². The summed E-state index contributed by atoms with van der Waals surface area (Å²) in [7, 11) is 0. The molecular weight excluding hydrogens is 194 g/mol. The highest BCUT2D eigenvalue weighted by atomic mass is 32.1. The second-order valence-electron chi connectivity index (χ2n) is 4.65. The molecule has 0 spiro atoms. The summed E-state index contributed by atoms with van der Waals surface area (Å²) >= 11 is 1.70. The fourth-order valence-corrected chi connectivity index (χ4v) is 2.32. The molecule has 0 aliphatic carbocycles. The molecule has 0 saturated heterocycles. The largest absolute Gasteiger partial charge is 0.396 e. The summed E-state index contributed by atoms with van der Waals surface area (Å²) in [6.45, 7) is 8.12. The topological polar surface area (TPSA) is 46.2 Å². The molecule has 0 amide bonds. The zero-order valence-corrected chi connectivity index (χ0v) is 10.1. The summed E-state index contributed by atoms with van der Waals surface area (Å²) in [6, 6.07) is 4.12. The number of aryl methyl sites for hydroxylation is 1. The van der Waals surface area contributed by atoms with E-state index in [0.29, 0.717) is 0 Å². The highest BCUT2D eigenvalue weighted by Gasteiger charge is 2.39. The molecule has 1 atom stereocenters. The van der Waals surface area contributed by atoms with E-state index in [1.807, 2.05) is 20.8 Å². The van der Waals surface area contributed by atoms with Crippen LogP contribution in [0.25, 0.3) is 0 Å². The number of aliphatic hydroxyl groups is 1. The summed E-state index contributed by atoms with van der Waals surface area (Å²) in [5.41, 5.74) is 5.52. The highest BCUT2D eigenvalue weighted by Crippen LogP contribution is 2.39. The molecule has 0 aliphatic heterocycles. The van der Waals surface area contributed by atoms with Crippen LogP contribution < -0.4 is 5.73 Å². The maximum absolute atomic E-state index is 9.32. The van der Waals surface area contributed by atoms with Gasteiger partial charge in [-0.2, -0.15) is 0 Å². The molecule has 0 aromatic carbocycles. The number of hydrogen-bond donors (Lipinski definition) is 2. The van der Waals surface area contributed by atoms with Gasteiger partial charge in [0, 0.05) is 15.2 Å². The third-order valence-corrected chi connectivity index (χ3v) is 4.29. The van der Waals surface area contributed by atoms with Gasteiger partial charge >= 0.3 is 0 Å². The van der Waals surface area contributed by atoms with Crippen molar-refractivity contribution in [2.45, 2.75) is 33.2 Å². The van der Waals surface area contributed by atoms with Gasteiger partial charge in [0.1, 0.15) is 0 Å². The number of nitrogens with two attached hydrogens (primary N) is 1. The van der Waals surface area contributed by atoms with E-state index in [1.165, 1.54) is 4.88 Å². The van der Waals surface area contributed by atoms with Gasteiger partial charge in [-0.15, -0.1) is 11.3 Å². The molecule has 1 rings (SSSR count). The third kappa shape index (κ3) is 1.85. The van der Waals surface area contributed by atoms with E-state index in [-0.39, 0.29) is 12.0 Å². The molecule has 0 saturated carbocycles. The first-order chi connectivity index (χ1) is 6.31. The zero-order chi connectivity index (χ0) is 11.0. The van der Waals surface area contributed by atoms with Gasteiger partial charge in [0.25, 0.3) is 0 Å². The van der Waals surface area contributed by atoms with E-state index in [4.69, 9.17) is 5.73 Å².